The predicted molar refractivity (Wildman–Crippen MR) is 89.7 cm³/mol. The van der Waals surface area contributed by atoms with Crippen molar-refractivity contribution in [3.8, 4) is 5.69 Å². The molecule has 0 saturated heterocycles. The smallest absolute Gasteiger partial charge is 0.115 e. The fraction of sp³-hybridized carbons (Fsp3) is 0.278. The summed E-state index contributed by atoms with van der Waals surface area (Å²) in [5, 5.41) is 0. The van der Waals surface area contributed by atoms with Gasteiger partial charge in [-0.25, -0.2) is 4.98 Å². The van der Waals surface area contributed by atoms with Gasteiger partial charge in [0.05, 0.1) is 16.7 Å². The van der Waals surface area contributed by atoms with E-state index in [9.17, 15) is 0 Å². The van der Waals surface area contributed by atoms with Gasteiger partial charge in [0.25, 0.3) is 0 Å². The Bertz CT molecular complexity index is 802. The van der Waals surface area contributed by atoms with E-state index in [0.717, 1.165) is 23.3 Å². The van der Waals surface area contributed by atoms with Gasteiger partial charge < -0.3 is 0 Å². The molecule has 0 aliphatic carbocycles. The van der Waals surface area contributed by atoms with Gasteiger partial charge in [-0.2, -0.15) is 0 Å². The van der Waals surface area contributed by atoms with E-state index in [4.69, 9.17) is 16.6 Å². The number of alkyl halides is 1. The van der Waals surface area contributed by atoms with Crippen molar-refractivity contribution in [3.63, 3.8) is 0 Å². The molecule has 1 aromatic heterocycles. The molecule has 3 aromatic rings. The fourth-order valence-corrected chi connectivity index (χ4v) is 2.89. The normalized spacial score (nSPS) is 11.2. The average molecular weight is 299 g/mol. The number of halogens is 1. The summed E-state index contributed by atoms with van der Waals surface area (Å²) in [5.74, 6) is 1.60. The summed E-state index contributed by atoms with van der Waals surface area (Å²) in [7, 11) is 0. The summed E-state index contributed by atoms with van der Waals surface area (Å²) in [6.45, 7) is 6.37. The van der Waals surface area contributed by atoms with Gasteiger partial charge in [-0.15, -0.1) is 11.6 Å². The first-order valence-electron chi connectivity index (χ1n) is 7.21. The highest BCUT2D eigenvalue weighted by Crippen LogP contribution is 2.26. The molecule has 3 rings (SSSR count). The van der Waals surface area contributed by atoms with Gasteiger partial charge in [-0.3, -0.25) is 4.57 Å². The second kappa shape index (κ2) is 5.53. The van der Waals surface area contributed by atoms with Crippen LogP contribution in [0.15, 0.2) is 36.4 Å². The van der Waals surface area contributed by atoms with E-state index in [1.807, 2.05) is 0 Å². The number of aryl methyl sites for hydroxylation is 4. The highest BCUT2D eigenvalue weighted by Gasteiger charge is 2.14. The minimum Gasteiger partial charge on any atom is -0.296 e. The minimum atomic E-state index is 0.577. The number of nitrogens with zero attached hydrogens (tertiary/aromatic N) is 2. The van der Waals surface area contributed by atoms with E-state index >= 15 is 0 Å². The summed E-state index contributed by atoms with van der Waals surface area (Å²) in [5.41, 5.74) is 7.12. The van der Waals surface area contributed by atoms with Gasteiger partial charge >= 0.3 is 0 Å². The molecule has 0 spiro atoms. The standard InChI is InChI=1S/C18H19ClN2/c1-12-4-6-14(3)16(10-12)21-17-11-13(2)5-7-15(17)20-18(21)8-9-19/h4-7,10-11H,8-9H2,1-3H3. The maximum Gasteiger partial charge on any atom is 0.115 e. The van der Waals surface area contributed by atoms with Crippen LogP contribution in [0.3, 0.4) is 0 Å². The largest absolute Gasteiger partial charge is 0.296 e. The summed E-state index contributed by atoms with van der Waals surface area (Å²) >= 11 is 5.97. The summed E-state index contributed by atoms with van der Waals surface area (Å²) < 4.78 is 2.26. The first-order chi connectivity index (χ1) is 10.1. The summed E-state index contributed by atoms with van der Waals surface area (Å²) in [4.78, 5) is 4.77. The van der Waals surface area contributed by atoms with E-state index in [1.54, 1.807) is 0 Å². The molecule has 0 radical (unpaired) electrons. The van der Waals surface area contributed by atoms with E-state index < -0.39 is 0 Å². The van der Waals surface area contributed by atoms with E-state index in [0.29, 0.717) is 5.88 Å². The number of benzene rings is 2. The van der Waals surface area contributed by atoms with Gasteiger partial charge in [-0.05, 0) is 55.7 Å². The highest BCUT2D eigenvalue weighted by molar-refractivity contribution is 6.17. The van der Waals surface area contributed by atoms with Crippen LogP contribution in [0.5, 0.6) is 0 Å². The fourth-order valence-electron chi connectivity index (χ4n) is 2.72. The topological polar surface area (TPSA) is 17.8 Å². The van der Waals surface area contributed by atoms with Crippen molar-refractivity contribution in [2.45, 2.75) is 27.2 Å². The van der Waals surface area contributed by atoms with Crippen molar-refractivity contribution in [1.29, 1.82) is 0 Å². The molecule has 0 aliphatic heterocycles. The third-order valence-electron chi connectivity index (χ3n) is 3.80. The average Bonchev–Trinajstić information content (AvgIpc) is 2.79. The van der Waals surface area contributed by atoms with Gasteiger partial charge in [0.15, 0.2) is 0 Å². The van der Waals surface area contributed by atoms with E-state index in [2.05, 4.69) is 61.7 Å². The monoisotopic (exact) mass is 298 g/mol. The lowest BCUT2D eigenvalue weighted by Crippen LogP contribution is -2.04. The zero-order chi connectivity index (χ0) is 15.0. The minimum absolute atomic E-state index is 0.577. The van der Waals surface area contributed by atoms with Crippen molar-refractivity contribution in [3.05, 3.63) is 58.9 Å². The predicted octanol–water partition coefficient (Wildman–Crippen LogP) is 4.73. The molecule has 0 fully saturated rings. The van der Waals surface area contributed by atoms with Crippen LogP contribution in [-0.2, 0) is 6.42 Å². The van der Waals surface area contributed by atoms with Gasteiger partial charge in [0.1, 0.15) is 5.82 Å². The zero-order valence-electron chi connectivity index (χ0n) is 12.7. The molecule has 21 heavy (non-hydrogen) atoms. The van der Waals surface area contributed by atoms with Crippen molar-refractivity contribution in [2.75, 3.05) is 5.88 Å². The molecule has 0 aliphatic rings. The first kappa shape index (κ1) is 14.2. The van der Waals surface area contributed by atoms with Crippen LogP contribution in [0.4, 0.5) is 0 Å². The highest BCUT2D eigenvalue weighted by atomic mass is 35.5. The molecule has 0 amide bonds. The number of imidazole rings is 1. The van der Waals surface area contributed by atoms with Gasteiger partial charge in [-0.1, -0.05) is 18.2 Å². The van der Waals surface area contributed by atoms with Crippen LogP contribution in [0.2, 0.25) is 0 Å². The van der Waals surface area contributed by atoms with Crippen molar-refractivity contribution < 1.29 is 0 Å². The molecule has 108 valence electrons. The number of aromatic nitrogens is 2. The Morgan fingerprint density at radius 2 is 1.71 bits per heavy atom. The molecule has 3 heteroatoms. The Morgan fingerprint density at radius 3 is 2.48 bits per heavy atom. The van der Waals surface area contributed by atoms with Crippen LogP contribution in [-0.4, -0.2) is 15.4 Å². The summed E-state index contributed by atoms with van der Waals surface area (Å²) in [6, 6.07) is 12.9. The van der Waals surface area contributed by atoms with Crippen LogP contribution in [0, 0.1) is 20.8 Å². The first-order valence-corrected chi connectivity index (χ1v) is 7.75. The van der Waals surface area contributed by atoms with Crippen molar-refractivity contribution >= 4 is 22.6 Å². The Kier molecular flexibility index (Phi) is 3.73. The Morgan fingerprint density at radius 1 is 1.00 bits per heavy atom. The van der Waals surface area contributed by atoms with E-state index in [1.165, 1.54) is 22.4 Å². The number of fused-ring (bicyclic) bond motifs is 1. The lowest BCUT2D eigenvalue weighted by atomic mass is 10.1. The van der Waals surface area contributed by atoms with Gasteiger partial charge in [0.2, 0.25) is 0 Å². The molecule has 0 N–H and O–H groups in total. The molecule has 0 bridgehead atoms. The number of rotatable bonds is 3. The van der Waals surface area contributed by atoms with Crippen LogP contribution >= 0.6 is 11.6 Å². The van der Waals surface area contributed by atoms with Crippen LogP contribution < -0.4 is 0 Å². The molecular formula is C18H19ClN2. The SMILES string of the molecule is Cc1ccc(C)c(-n2c(CCCl)nc3ccc(C)cc32)c1. The third kappa shape index (κ3) is 2.56. The van der Waals surface area contributed by atoms with Crippen LogP contribution in [0.1, 0.15) is 22.5 Å². The van der Waals surface area contributed by atoms with Crippen molar-refractivity contribution in [2.24, 2.45) is 0 Å². The zero-order valence-corrected chi connectivity index (χ0v) is 13.4. The molecule has 0 saturated carbocycles. The van der Waals surface area contributed by atoms with Gasteiger partial charge in [0, 0.05) is 12.3 Å². The lowest BCUT2D eigenvalue weighted by molar-refractivity contribution is 0.906. The lowest BCUT2D eigenvalue weighted by Gasteiger charge is -2.13. The quantitative estimate of drug-likeness (QED) is 0.639. The molecule has 0 atom stereocenters. The van der Waals surface area contributed by atoms with Crippen molar-refractivity contribution in [1.82, 2.24) is 9.55 Å². The maximum absolute atomic E-state index is 5.97. The maximum atomic E-state index is 5.97. The molecule has 2 aromatic carbocycles. The Labute approximate surface area is 130 Å². The Balaban J connectivity index is 2.35. The Hall–Kier alpha value is -1.80. The summed E-state index contributed by atoms with van der Waals surface area (Å²) in [6.07, 6.45) is 0.767. The molecular weight excluding hydrogens is 280 g/mol. The number of hydrogen-bond acceptors (Lipinski definition) is 1. The molecule has 1 heterocycles. The third-order valence-corrected chi connectivity index (χ3v) is 3.99. The van der Waals surface area contributed by atoms with E-state index in [-0.39, 0.29) is 0 Å². The van der Waals surface area contributed by atoms with Crippen LogP contribution in [0.25, 0.3) is 16.7 Å². The second-order valence-electron chi connectivity index (χ2n) is 5.58. The second-order valence-corrected chi connectivity index (χ2v) is 5.96. The molecule has 0 unspecified atom stereocenters. The number of hydrogen-bond donors (Lipinski definition) is 0. The molecule has 2 nitrogen and oxygen atoms in total.